The summed E-state index contributed by atoms with van der Waals surface area (Å²) >= 11 is 0. The minimum Gasteiger partial charge on any atom is -0.444 e. The number of oxazole rings is 1. The maximum absolute atomic E-state index is 12.9. The molecule has 0 aliphatic heterocycles. The highest BCUT2D eigenvalue weighted by Gasteiger charge is 2.19. The number of rotatable bonds is 6. The standard InChI is InChI=1S/C16H22FN3O.ClH/c1-16(2,10-18)11-20(3)8-14-9-21-15(19-14)12-4-6-13(17)7-5-12;/h4-7,9H,8,10-11,18H2,1-3H3;1H. The van der Waals surface area contributed by atoms with Crippen molar-refractivity contribution in [1.82, 2.24) is 9.88 Å². The summed E-state index contributed by atoms with van der Waals surface area (Å²) in [5.74, 6) is 0.241. The second-order valence-electron chi connectivity index (χ2n) is 6.19. The van der Waals surface area contributed by atoms with E-state index in [0.717, 1.165) is 17.8 Å². The molecule has 0 spiro atoms. The summed E-state index contributed by atoms with van der Waals surface area (Å²) in [6.07, 6.45) is 1.64. The number of nitrogens with two attached hydrogens (primary N) is 1. The number of benzene rings is 1. The monoisotopic (exact) mass is 327 g/mol. The van der Waals surface area contributed by atoms with Crippen LogP contribution in [0.15, 0.2) is 34.9 Å². The molecule has 0 saturated carbocycles. The summed E-state index contributed by atoms with van der Waals surface area (Å²) in [5, 5.41) is 0. The summed E-state index contributed by atoms with van der Waals surface area (Å²) in [6, 6.07) is 6.11. The van der Waals surface area contributed by atoms with Crippen LogP contribution in [0.3, 0.4) is 0 Å². The summed E-state index contributed by atoms with van der Waals surface area (Å²) in [5.41, 5.74) is 7.44. The molecule has 0 saturated heterocycles. The van der Waals surface area contributed by atoms with Crippen LogP contribution in [0.25, 0.3) is 11.5 Å². The van der Waals surface area contributed by atoms with E-state index in [0.29, 0.717) is 19.0 Å². The quantitative estimate of drug-likeness (QED) is 0.884. The number of halogens is 2. The molecule has 6 heteroatoms. The van der Waals surface area contributed by atoms with Gasteiger partial charge in [-0.3, -0.25) is 4.90 Å². The first-order valence-corrected chi connectivity index (χ1v) is 6.98. The Balaban J connectivity index is 0.00000242. The van der Waals surface area contributed by atoms with Gasteiger partial charge in [0.15, 0.2) is 0 Å². The van der Waals surface area contributed by atoms with E-state index in [9.17, 15) is 4.39 Å². The van der Waals surface area contributed by atoms with Crippen LogP contribution in [0.1, 0.15) is 19.5 Å². The molecule has 2 aromatic rings. The predicted octanol–water partition coefficient (Wildman–Crippen LogP) is 3.32. The topological polar surface area (TPSA) is 55.3 Å². The van der Waals surface area contributed by atoms with Gasteiger partial charge < -0.3 is 10.2 Å². The lowest BCUT2D eigenvalue weighted by Crippen LogP contribution is -2.36. The third-order valence-corrected chi connectivity index (χ3v) is 3.33. The molecule has 22 heavy (non-hydrogen) atoms. The van der Waals surface area contributed by atoms with Crippen molar-refractivity contribution in [3.63, 3.8) is 0 Å². The highest BCUT2D eigenvalue weighted by atomic mass is 35.5. The van der Waals surface area contributed by atoms with Crippen molar-refractivity contribution in [1.29, 1.82) is 0 Å². The number of hydrogen-bond acceptors (Lipinski definition) is 4. The molecular weight excluding hydrogens is 305 g/mol. The van der Waals surface area contributed by atoms with Crippen LogP contribution in [0.5, 0.6) is 0 Å². The molecule has 1 aromatic heterocycles. The van der Waals surface area contributed by atoms with Crippen LogP contribution in [0.2, 0.25) is 0 Å². The largest absolute Gasteiger partial charge is 0.444 e. The van der Waals surface area contributed by atoms with Crippen molar-refractivity contribution in [2.24, 2.45) is 11.1 Å². The molecule has 2 rings (SSSR count). The molecule has 0 amide bonds. The van der Waals surface area contributed by atoms with E-state index in [1.54, 1.807) is 18.4 Å². The van der Waals surface area contributed by atoms with Gasteiger partial charge in [0.2, 0.25) is 5.89 Å². The lowest BCUT2D eigenvalue weighted by Gasteiger charge is -2.28. The molecule has 4 nitrogen and oxygen atoms in total. The number of nitrogens with zero attached hydrogens (tertiary/aromatic N) is 2. The predicted molar refractivity (Wildman–Crippen MR) is 88.3 cm³/mol. The van der Waals surface area contributed by atoms with Crippen molar-refractivity contribution in [2.45, 2.75) is 20.4 Å². The normalized spacial score (nSPS) is 11.5. The van der Waals surface area contributed by atoms with E-state index < -0.39 is 0 Å². The lowest BCUT2D eigenvalue weighted by atomic mass is 9.93. The first-order chi connectivity index (χ1) is 9.89. The van der Waals surface area contributed by atoms with Gasteiger partial charge in [0.05, 0.1) is 5.69 Å². The van der Waals surface area contributed by atoms with E-state index in [1.807, 2.05) is 7.05 Å². The number of aromatic nitrogens is 1. The molecule has 1 aromatic carbocycles. The van der Waals surface area contributed by atoms with Crippen LogP contribution in [0.4, 0.5) is 4.39 Å². The van der Waals surface area contributed by atoms with Crippen molar-refractivity contribution >= 4 is 12.4 Å². The Morgan fingerprint density at radius 2 is 1.91 bits per heavy atom. The van der Waals surface area contributed by atoms with Gasteiger partial charge in [-0.2, -0.15) is 0 Å². The van der Waals surface area contributed by atoms with Gasteiger partial charge >= 0.3 is 0 Å². The third kappa shape index (κ3) is 5.09. The van der Waals surface area contributed by atoms with Gasteiger partial charge in [-0.15, -0.1) is 12.4 Å². The minimum atomic E-state index is -0.269. The minimum absolute atomic E-state index is 0. The first kappa shape index (κ1) is 18.6. The molecule has 0 aliphatic rings. The molecule has 0 bridgehead atoms. The highest BCUT2D eigenvalue weighted by molar-refractivity contribution is 5.85. The number of hydrogen-bond donors (Lipinski definition) is 1. The Hall–Kier alpha value is -1.43. The zero-order valence-corrected chi connectivity index (χ0v) is 14.0. The van der Waals surface area contributed by atoms with Gasteiger partial charge in [0.1, 0.15) is 12.1 Å². The van der Waals surface area contributed by atoms with Crippen LogP contribution in [-0.4, -0.2) is 30.0 Å². The Morgan fingerprint density at radius 1 is 1.27 bits per heavy atom. The Bertz CT molecular complexity index is 583. The van der Waals surface area contributed by atoms with Crippen molar-refractivity contribution in [3.8, 4) is 11.5 Å². The summed E-state index contributed by atoms with van der Waals surface area (Å²) in [7, 11) is 2.03. The summed E-state index contributed by atoms with van der Waals surface area (Å²) < 4.78 is 18.4. The Labute approximate surface area is 136 Å². The molecule has 122 valence electrons. The smallest absolute Gasteiger partial charge is 0.226 e. The zero-order valence-electron chi connectivity index (χ0n) is 13.2. The molecule has 0 atom stereocenters. The summed E-state index contributed by atoms with van der Waals surface area (Å²) in [6.45, 7) is 6.47. The van der Waals surface area contributed by atoms with Crippen LogP contribution in [-0.2, 0) is 6.54 Å². The van der Waals surface area contributed by atoms with Gasteiger partial charge in [0, 0.05) is 18.7 Å². The Morgan fingerprint density at radius 3 is 2.50 bits per heavy atom. The fourth-order valence-corrected chi connectivity index (χ4v) is 2.23. The van der Waals surface area contributed by atoms with E-state index in [-0.39, 0.29) is 23.6 Å². The van der Waals surface area contributed by atoms with Gasteiger partial charge in [-0.1, -0.05) is 13.8 Å². The Kier molecular flexibility index (Phi) is 6.53. The second kappa shape index (κ2) is 7.72. The highest BCUT2D eigenvalue weighted by Crippen LogP contribution is 2.20. The van der Waals surface area contributed by atoms with Crippen LogP contribution >= 0.6 is 12.4 Å². The third-order valence-electron chi connectivity index (χ3n) is 3.33. The maximum Gasteiger partial charge on any atom is 0.226 e. The van der Waals surface area contributed by atoms with Gasteiger partial charge in [0.25, 0.3) is 0 Å². The van der Waals surface area contributed by atoms with Crippen molar-refractivity contribution in [2.75, 3.05) is 20.1 Å². The maximum atomic E-state index is 12.9. The molecule has 0 aliphatic carbocycles. The van der Waals surface area contributed by atoms with E-state index in [2.05, 4.69) is 23.7 Å². The average molecular weight is 328 g/mol. The lowest BCUT2D eigenvalue weighted by molar-refractivity contribution is 0.208. The molecule has 1 heterocycles. The van der Waals surface area contributed by atoms with Gasteiger partial charge in [-0.05, 0) is 43.3 Å². The second-order valence-corrected chi connectivity index (χ2v) is 6.19. The first-order valence-electron chi connectivity index (χ1n) is 6.98. The summed E-state index contributed by atoms with van der Waals surface area (Å²) in [4.78, 5) is 6.61. The molecule has 0 unspecified atom stereocenters. The molecule has 0 fully saturated rings. The van der Waals surface area contributed by atoms with Crippen LogP contribution < -0.4 is 5.73 Å². The zero-order chi connectivity index (χ0) is 15.5. The SMILES string of the molecule is CN(Cc1coc(-c2ccc(F)cc2)n1)CC(C)(C)CN.Cl. The molecular formula is C16H23ClFN3O. The van der Waals surface area contributed by atoms with E-state index >= 15 is 0 Å². The van der Waals surface area contributed by atoms with E-state index in [1.165, 1.54) is 12.1 Å². The van der Waals surface area contributed by atoms with E-state index in [4.69, 9.17) is 10.2 Å². The van der Waals surface area contributed by atoms with Crippen molar-refractivity contribution < 1.29 is 8.81 Å². The fourth-order valence-electron chi connectivity index (χ4n) is 2.23. The van der Waals surface area contributed by atoms with Crippen molar-refractivity contribution in [3.05, 3.63) is 42.0 Å². The average Bonchev–Trinajstić information content (AvgIpc) is 2.87. The molecule has 0 radical (unpaired) electrons. The van der Waals surface area contributed by atoms with Crippen LogP contribution in [0, 0.1) is 11.2 Å². The fraction of sp³-hybridized carbons (Fsp3) is 0.438. The van der Waals surface area contributed by atoms with Gasteiger partial charge in [-0.25, -0.2) is 9.37 Å². The molecule has 2 N–H and O–H groups in total.